The number of carbonyl (C=O) groups excluding carboxylic acids is 1. The fourth-order valence-electron chi connectivity index (χ4n) is 4.82. The number of hydrogen-bond acceptors (Lipinski definition) is 6. The van der Waals surface area contributed by atoms with E-state index in [9.17, 15) is 9.90 Å². The third-order valence-corrected chi connectivity index (χ3v) is 6.25. The third kappa shape index (κ3) is 3.36. The lowest BCUT2D eigenvalue weighted by molar-refractivity contribution is -0.0256. The van der Waals surface area contributed by atoms with Crippen LogP contribution in [-0.2, 0) is 4.74 Å². The van der Waals surface area contributed by atoms with Gasteiger partial charge in [-0.3, -0.25) is 4.90 Å². The van der Waals surface area contributed by atoms with Gasteiger partial charge in [0.1, 0.15) is 5.75 Å². The van der Waals surface area contributed by atoms with Crippen molar-refractivity contribution in [3.8, 4) is 5.75 Å². The lowest BCUT2D eigenvalue weighted by atomic mass is 9.73. The molecule has 4 aliphatic rings. The number of ether oxygens (including phenoxy) is 2. The summed E-state index contributed by atoms with van der Waals surface area (Å²) in [6.45, 7) is 5.87. The summed E-state index contributed by atoms with van der Waals surface area (Å²) in [4.78, 5) is 13.6. The average Bonchev–Trinajstić information content (AvgIpc) is 2.72. The quantitative estimate of drug-likeness (QED) is 0.672. The second-order valence-electron chi connectivity index (χ2n) is 7.73. The standard InChI is InChI=1S/C21H27N3O4/c1-3-12-11-24-7-6-13(12)8-18(24)20(25)16-10-19(28-21(22)26)23-17-5-4-14(27-2)9-15(16)17/h3-5,9-10,12-13,18-20,23,25H,1,6-8,11H2,2H3,(H2,22,26)/t12-,13-,18+,19?,20-/m0/s1. The Bertz CT molecular complexity index is 809. The van der Waals surface area contributed by atoms with Crippen molar-refractivity contribution in [2.45, 2.75) is 31.2 Å². The Kier molecular flexibility index (Phi) is 5.03. The number of nitrogens with one attached hydrogen (secondary N) is 1. The maximum absolute atomic E-state index is 11.4. The molecule has 1 aromatic carbocycles. The predicted molar refractivity (Wildman–Crippen MR) is 107 cm³/mol. The second kappa shape index (κ2) is 7.48. The van der Waals surface area contributed by atoms with Crippen molar-refractivity contribution in [3.05, 3.63) is 42.5 Å². The Hall–Kier alpha value is -2.51. The molecule has 2 unspecified atom stereocenters. The van der Waals surface area contributed by atoms with Crippen molar-refractivity contribution >= 4 is 17.4 Å². The highest BCUT2D eigenvalue weighted by Gasteiger charge is 2.43. The Balaban J connectivity index is 1.66. The zero-order valence-corrected chi connectivity index (χ0v) is 16.0. The monoisotopic (exact) mass is 385 g/mol. The zero-order chi connectivity index (χ0) is 19.8. The van der Waals surface area contributed by atoms with Gasteiger partial charge in [0.25, 0.3) is 0 Å². The van der Waals surface area contributed by atoms with Gasteiger partial charge in [0, 0.05) is 23.8 Å². The number of primary amides is 1. The molecule has 0 spiro atoms. The topological polar surface area (TPSA) is 97.0 Å². The van der Waals surface area contributed by atoms with E-state index in [1.807, 2.05) is 24.3 Å². The van der Waals surface area contributed by atoms with E-state index < -0.39 is 18.4 Å². The number of nitrogens with two attached hydrogens (primary N) is 1. The minimum Gasteiger partial charge on any atom is -0.497 e. The number of nitrogens with zero attached hydrogens (tertiary/aromatic N) is 1. The lowest BCUT2D eigenvalue weighted by Gasteiger charge is -2.51. The Morgan fingerprint density at radius 2 is 2.32 bits per heavy atom. The summed E-state index contributed by atoms with van der Waals surface area (Å²) in [7, 11) is 1.61. The molecule has 3 fully saturated rings. The summed E-state index contributed by atoms with van der Waals surface area (Å²) < 4.78 is 10.5. The van der Waals surface area contributed by atoms with Crippen LogP contribution in [0.15, 0.2) is 36.9 Å². The number of fused-ring (bicyclic) bond motifs is 4. The van der Waals surface area contributed by atoms with Crippen molar-refractivity contribution in [2.75, 3.05) is 25.5 Å². The van der Waals surface area contributed by atoms with E-state index in [0.717, 1.165) is 42.8 Å². The molecule has 0 radical (unpaired) electrons. The summed E-state index contributed by atoms with van der Waals surface area (Å²) in [6, 6.07) is 5.59. The first-order valence-corrected chi connectivity index (χ1v) is 9.67. The SMILES string of the molecule is C=C[C@H]1CN2CC[C@H]1C[C@@H]2[C@@H](O)C1=CC(OC(N)=O)Nc2ccc(OC)cc21. The maximum atomic E-state index is 11.4. The molecule has 0 saturated carbocycles. The van der Waals surface area contributed by atoms with Gasteiger partial charge in [0.05, 0.1) is 13.2 Å². The molecular weight excluding hydrogens is 358 g/mol. The molecule has 2 bridgehead atoms. The summed E-state index contributed by atoms with van der Waals surface area (Å²) in [5.41, 5.74) is 7.54. The molecule has 1 amide bonds. The van der Waals surface area contributed by atoms with E-state index in [4.69, 9.17) is 15.2 Å². The molecule has 4 N–H and O–H groups in total. The van der Waals surface area contributed by atoms with Crippen molar-refractivity contribution in [2.24, 2.45) is 17.6 Å². The molecular formula is C21H27N3O4. The average molecular weight is 385 g/mol. The van der Waals surface area contributed by atoms with Gasteiger partial charge in [-0.1, -0.05) is 6.08 Å². The molecule has 0 aliphatic carbocycles. The van der Waals surface area contributed by atoms with Crippen molar-refractivity contribution < 1.29 is 19.4 Å². The second-order valence-corrected chi connectivity index (χ2v) is 7.73. The number of aliphatic hydroxyl groups is 1. The molecule has 7 heteroatoms. The molecule has 1 aromatic rings. The van der Waals surface area contributed by atoms with Gasteiger partial charge in [-0.05, 0) is 61.1 Å². The van der Waals surface area contributed by atoms with Crippen LogP contribution >= 0.6 is 0 Å². The van der Waals surface area contributed by atoms with Gasteiger partial charge in [-0.25, -0.2) is 4.79 Å². The summed E-state index contributed by atoms with van der Waals surface area (Å²) in [5, 5.41) is 14.5. The number of carbonyl (C=O) groups is 1. The molecule has 6 atom stereocenters. The Morgan fingerprint density at radius 1 is 1.50 bits per heavy atom. The van der Waals surface area contributed by atoms with Crippen LogP contribution in [-0.4, -0.2) is 54.7 Å². The predicted octanol–water partition coefficient (Wildman–Crippen LogP) is 2.18. The normalized spacial score (nSPS) is 31.8. The van der Waals surface area contributed by atoms with Gasteiger partial charge < -0.3 is 25.6 Å². The molecule has 7 nitrogen and oxygen atoms in total. The molecule has 4 aliphatic heterocycles. The number of aliphatic hydroxyl groups excluding tert-OH is 1. The largest absolute Gasteiger partial charge is 0.497 e. The summed E-state index contributed by atoms with van der Waals surface area (Å²) in [5.74, 6) is 1.73. The number of hydrogen-bond donors (Lipinski definition) is 3. The fraction of sp³-hybridized carbons (Fsp3) is 0.476. The fourth-order valence-corrected chi connectivity index (χ4v) is 4.82. The maximum Gasteiger partial charge on any atom is 0.406 e. The third-order valence-electron chi connectivity index (χ3n) is 6.25. The van der Waals surface area contributed by atoms with Gasteiger partial charge in [-0.15, -0.1) is 6.58 Å². The number of rotatable bonds is 5. The van der Waals surface area contributed by atoms with E-state index in [1.165, 1.54) is 0 Å². The van der Waals surface area contributed by atoms with Crippen LogP contribution in [0.5, 0.6) is 5.75 Å². The van der Waals surface area contributed by atoms with Crippen LogP contribution in [0.1, 0.15) is 18.4 Å². The van der Waals surface area contributed by atoms with Crippen molar-refractivity contribution in [1.82, 2.24) is 4.90 Å². The minimum atomic E-state index is -0.867. The van der Waals surface area contributed by atoms with Gasteiger partial charge in [0.2, 0.25) is 0 Å². The van der Waals surface area contributed by atoms with Gasteiger partial charge in [0.15, 0.2) is 6.23 Å². The molecule has 5 rings (SSSR count). The van der Waals surface area contributed by atoms with E-state index in [-0.39, 0.29) is 6.04 Å². The first kappa shape index (κ1) is 18.8. The van der Waals surface area contributed by atoms with E-state index in [0.29, 0.717) is 17.6 Å². The number of benzene rings is 1. The van der Waals surface area contributed by atoms with Crippen LogP contribution in [0.2, 0.25) is 0 Å². The Labute approximate surface area is 164 Å². The van der Waals surface area contributed by atoms with Gasteiger partial charge >= 0.3 is 6.09 Å². The van der Waals surface area contributed by atoms with Crippen molar-refractivity contribution in [1.29, 1.82) is 0 Å². The summed E-state index contributed by atoms with van der Waals surface area (Å²) in [6.07, 6.45) is 3.54. The van der Waals surface area contributed by atoms with Crippen LogP contribution < -0.4 is 15.8 Å². The Morgan fingerprint density at radius 3 is 2.96 bits per heavy atom. The molecule has 4 heterocycles. The number of piperidine rings is 3. The van der Waals surface area contributed by atoms with Crippen LogP contribution in [0.3, 0.4) is 0 Å². The van der Waals surface area contributed by atoms with Crippen LogP contribution in [0.25, 0.3) is 5.57 Å². The molecule has 150 valence electrons. The number of amides is 1. The highest BCUT2D eigenvalue weighted by molar-refractivity contribution is 5.83. The molecule has 0 aromatic heterocycles. The van der Waals surface area contributed by atoms with Crippen LogP contribution in [0, 0.1) is 11.8 Å². The first-order valence-electron chi connectivity index (χ1n) is 9.67. The summed E-state index contributed by atoms with van der Waals surface area (Å²) >= 11 is 0. The molecule has 28 heavy (non-hydrogen) atoms. The van der Waals surface area contributed by atoms with Crippen LogP contribution in [0.4, 0.5) is 10.5 Å². The van der Waals surface area contributed by atoms with E-state index >= 15 is 0 Å². The van der Waals surface area contributed by atoms with Crippen molar-refractivity contribution in [3.63, 3.8) is 0 Å². The highest BCUT2D eigenvalue weighted by Crippen LogP contribution is 2.42. The minimum absolute atomic E-state index is 0.0209. The zero-order valence-electron chi connectivity index (χ0n) is 16.0. The number of anilines is 1. The highest BCUT2D eigenvalue weighted by atomic mass is 16.6. The van der Waals surface area contributed by atoms with E-state index in [1.54, 1.807) is 13.2 Å². The number of methoxy groups -OCH3 is 1. The smallest absolute Gasteiger partial charge is 0.406 e. The molecule has 3 saturated heterocycles. The van der Waals surface area contributed by atoms with E-state index in [2.05, 4.69) is 16.8 Å². The van der Waals surface area contributed by atoms with Gasteiger partial charge in [-0.2, -0.15) is 0 Å². The first-order chi connectivity index (χ1) is 13.5. The lowest BCUT2D eigenvalue weighted by Crippen LogP contribution is -2.57.